The molecule has 0 aromatic carbocycles. The molecule has 6 nitrogen and oxygen atoms in total. The Morgan fingerprint density at radius 3 is 2.71 bits per heavy atom. The molecule has 2 rings (SSSR count). The predicted octanol–water partition coefficient (Wildman–Crippen LogP) is -0.195. The number of carbonyl (C=O) groups excluding carboxylic acids is 1. The summed E-state index contributed by atoms with van der Waals surface area (Å²) in [5.41, 5.74) is 0. The number of fused-ring (bicyclic) bond motifs is 1. The Labute approximate surface area is 101 Å². The van der Waals surface area contributed by atoms with Crippen molar-refractivity contribution in [3.8, 4) is 0 Å². The van der Waals surface area contributed by atoms with Crippen LogP contribution >= 0.6 is 0 Å². The molecule has 0 aromatic heterocycles. The second-order valence-corrected chi connectivity index (χ2v) is 5.10. The van der Waals surface area contributed by atoms with Crippen LogP contribution in [0.4, 0.5) is 4.79 Å². The first-order valence-corrected chi connectivity index (χ1v) is 6.01. The summed E-state index contributed by atoms with van der Waals surface area (Å²) in [4.78, 5) is 26.2. The van der Waals surface area contributed by atoms with Crippen LogP contribution in [0.2, 0.25) is 0 Å². The van der Waals surface area contributed by atoms with Crippen LogP contribution in [-0.4, -0.2) is 65.2 Å². The molecule has 2 aliphatic heterocycles. The van der Waals surface area contributed by atoms with Gasteiger partial charge < -0.3 is 15.3 Å². The van der Waals surface area contributed by atoms with Gasteiger partial charge in [0, 0.05) is 32.2 Å². The molecule has 0 aliphatic carbocycles. The zero-order valence-corrected chi connectivity index (χ0v) is 10.2. The van der Waals surface area contributed by atoms with Crippen molar-refractivity contribution in [3.05, 3.63) is 0 Å². The maximum atomic E-state index is 11.9. The number of nitrogens with zero attached hydrogens (tertiary/aromatic N) is 2. The van der Waals surface area contributed by atoms with Gasteiger partial charge in [0.1, 0.15) is 6.04 Å². The van der Waals surface area contributed by atoms with E-state index in [0.717, 1.165) is 6.54 Å². The summed E-state index contributed by atoms with van der Waals surface area (Å²) in [5, 5.41) is 11.9. The summed E-state index contributed by atoms with van der Waals surface area (Å²) in [6.07, 6.45) is -0.941. The second-order valence-electron chi connectivity index (χ2n) is 5.10. The maximum absolute atomic E-state index is 11.9. The summed E-state index contributed by atoms with van der Waals surface area (Å²) in [7, 11) is 0. The normalized spacial score (nSPS) is 30.1. The number of amides is 2. The van der Waals surface area contributed by atoms with Crippen molar-refractivity contribution in [1.82, 2.24) is 15.1 Å². The molecule has 96 valence electrons. The molecule has 2 fully saturated rings. The van der Waals surface area contributed by atoms with E-state index in [4.69, 9.17) is 5.11 Å². The van der Waals surface area contributed by atoms with Crippen molar-refractivity contribution in [2.75, 3.05) is 26.2 Å². The first-order valence-electron chi connectivity index (χ1n) is 6.01. The minimum Gasteiger partial charge on any atom is -0.465 e. The lowest BCUT2D eigenvalue weighted by molar-refractivity contribution is -0.133. The van der Waals surface area contributed by atoms with E-state index in [1.165, 1.54) is 4.90 Å². The zero-order valence-electron chi connectivity index (χ0n) is 10.2. The number of rotatable bonds is 1. The van der Waals surface area contributed by atoms with Gasteiger partial charge in [-0.15, -0.1) is 0 Å². The number of carboxylic acid groups (broad SMARTS) is 1. The van der Waals surface area contributed by atoms with Crippen LogP contribution in [0.3, 0.4) is 0 Å². The Morgan fingerprint density at radius 1 is 1.41 bits per heavy atom. The lowest BCUT2D eigenvalue weighted by Gasteiger charge is -2.45. The zero-order chi connectivity index (χ0) is 12.6. The lowest BCUT2D eigenvalue weighted by atomic mass is 9.97. The summed E-state index contributed by atoms with van der Waals surface area (Å²) in [5.74, 6) is 0.360. The number of nitrogens with one attached hydrogen (secondary N) is 1. The van der Waals surface area contributed by atoms with Crippen LogP contribution in [-0.2, 0) is 4.79 Å². The van der Waals surface area contributed by atoms with Crippen molar-refractivity contribution >= 4 is 12.0 Å². The van der Waals surface area contributed by atoms with Gasteiger partial charge in [0.25, 0.3) is 0 Å². The largest absolute Gasteiger partial charge is 0.465 e. The van der Waals surface area contributed by atoms with Crippen molar-refractivity contribution in [2.24, 2.45) is 5.92 Å². The van der Waals surface area contributed by atoms with E-state index in [1.54, 1.807) is 0 Å². The van der Waals surface area contributed by atoms with E-state index in [2.05, 4.69) is 24.1 Å². The standard InChI is InChI=1S/C11H19N3O3/c1-7(2)8-5-13-3-4-14(11(16)17)6-9(13)10(15)12-8/h7-9H,3-6H2,1-2H3,(H,12,15)(H,16,17)/t8?,9-/m0/s1. The van der Waals surface area contributed by atoms with Gasteiger partial charge in [-0.25, -0.2) is 4.79 Å². The number of hydrogen-bond acceptors (Lipinski definition) is 3. The third-order valence-electron chi connectivity index (χ3n) is 3.63. The molecule has 1 unspecified atom stereocenters. The number of piperazine rings is 2. The van der Waals surface area contributed by atoms with E-state index >= 15 is 0 Å². The highest BCUT2D eigenvalue weighted by atomic mass is 16.4. The topological polar surface area (TPSA) is 72.9 Å². The molecule has 2 saturated heterocycles. The van der Waals surface area contributed by atoms with E-state index in [1.807, 2.05) is 0 Å². The fourth-order valence-corrected chi connectivity index (χ4v) is 2.42. The summed E-state index contributed by atoms with van der Waals surface area (Å²) >= 11 is 0. The third-order valence-corrected chi connectivity index (χ3v) is 3.63. The van der Waals surface area contributed by atoms with Crippen LogP contribution in [0.1, 0.15) is 13.8 Å². The van der Waals surface area contributed by atoms with Gasteiger partial charge >= 0.3 is 6.09 Å². The SMILES string of the molecule is CC(C)C1CN2CCN(C(=O)O)C[C@H]2C(=O)N1. The first-order chi connectivity index (χ1) is 7.99. The van der Waals surface area contributed by atoms with E-state index in [0.29, 0.717) is 19.0 Å². The Hall–Kier alpha value is -1.30. The second kappa shape index (κ2) is 4.52. The van der Waals surface area contributed by atoms with Crippen LogP contribution in [0, 0.1) is 5.92 Å². The molecule has 0 spiro atoms. The average Bonchev–Trinajstić information content (AvgIpc) is 2.28. The molecule has 0 radical (unpaired) electrons. The van der Waals surface area contributed by atoms with Crippen molar-refractivity contribution in [2.45, 2.75) is 25.9 Å². The minimum atomic E-state index is -0.941. The molecule has 6 heteroatoms. The van der Waals surface area contributed by atoms with E-state index in [-0.39, 0.29) is 24.5 Å². The number of carbonyl (C=O) groups is 2. The van der Waals surface area contributed by atoms with Gasteiger partial charge in [-0.1, -0.05) is 13.8 Å². The quantitative estimate of drug-likeness (QED) is 0.667. The Morgan fingerprint density at radius 2 is 2.12 bits per heavy atom. The molecule has 2 heterocycles. The average molecular weight is 241 g/mol. The molecular formula is C11H19N3O3. The smallest absolute Gasteiger partial charge is 0.407 e. The molecule has 2 aliphatic rings. The van der Waals surface area contributed by atoms with Gasteiger partial charge in [-0.2, -0.15) is 0 Å². The fraction of sp³-hybridized carbons (Fsp3) is 0.818. The van der Waals surface area contributed by atoms with Gasteiger partial charge in [0.2, 0.25) is 5.91 Å². The first kappa shape index (κ1) is 12.2. The molecule has 17 heavy (non-hydrogen) atoms. The molecule has 0 bridgehead atoms. The van der Waals surface area contributed by atoms with Crippen LogP contribution < -0.4 is 5.32 Å². The van der Waals surface area contributed by atoms with Gasteiger partial charge in [-0.05, 0) is 5.92 Å². The Bertz CT molecular complexity index is 332. The molecule has 0 aromatic rings. The van der Waals surface area contributed by atoms with Crippen molar-refractivity contribution < 1.29 is 14.7 Å². The summed E-state index contributed by atoms with van der Waals surface area (Å²) < 4.78 is 0. The van der Waals surface area contributed by atoms with Crippen molar-refractivity contribution in [3.63, 3.8) is 0 Å². The van der Waals surface area contributed by atoms with Crippen molar-refractivity contribution in [1.29, 1.82) is 0 Å². The van der Waals surface area contributed by atoms with E-state index < -0.39 is 6.09 Å². The van der Waals surface area contributed by atoms with Crippen LogP contribution in [0.5, 0.6) is 0 Å². The highest BCUT2D eigenvalue weighted by Crippen LogP contribution is 2.18. The van der Waals surface area contributed by atoms with Gasteiger partial charge in [0.15, 0.2) is 0 Å². The Kier molecular flexibility index (Phi) is 3.24. The highest BCUT2D eigenvalue weighted by molar-refractivity contribution is 5.84. The predicted molar refractivity (Wildman–Crippen MR) is 61.7 cm³/mol. The maximum Gasteiger partial charge on any atom is 0.407 e. The van der Waals surface area contributed by atoms with E-state index in [9.17, 15) is 9.59 Å². The Balaban J connectivity index is 2.04. The van der Waals surface area contributed by atoms with Gasteiger partial charge in [-0.3, -0.25) is 9.69 Å². The summed E-state index contributed by atoms with van der Waals surface area (Å²) in [6.45, 7) is 6.41. The van der Waals surface area contributed by atoms with Crippen LogP contribution in [0.25, 0.3) is 0 Å². The lowest BCUT2D eigenvalue weighted by Crippen LogP contribution is -2.67. The molecule has 2 N–H and O–H groups in total. The molecule has 2 atom stereocenters. The highest BCUT2D eigenvalue weighted by Gasteiger charge is 2.40. The summed E-state index contributed by atoms with van der Waals surface area (Å²) in [6, 6.07) is -0.134. The monoisotopic (exact) mass is 241 g/mol. The minimum absolute atomic E-state index is 0.0408. The molecular weight excluding hydrogens is 222 g/mol. The van der Waals surface area contributed by atoms with Crippen LogP contribution in [0.15, 0.2) is 0 Å². The third kappa shape index (κ3) is 2.36. The van der Waals surface area contributed by atoms with Gasteiger partial charge in [0.05, 0.1) is 0 Å². The number of hydrogen-bond donors (Lipinski definition) is 2. The molecule has 2 amide bonds. The molecule has 0 saturated carbocycles. The fourth-order valence-electron chi connectivity index (χ4n) is 2.42.